The Morgan fingerprint density at radius 1 is 0.895 bits per heavy atom. The number of aryl methyl sites for hydroxylation is 2. The van der Waals surface area contributed by atoms with Gasteiger partial charge in [0.05, 0.1) is 23.5 Å². The molecule has 2 rings (SSSR count). The summed E-state index contributed by atoms with van der Waals surface area (Å²) in [6, 6.07) is 3.82. The highest BCUT2D eigenvalue weighted by Gasteiger charge is 2.20. The van der Waals surface area contributed by atoms with Crippen LogP contribution in [0.1, 0.15) is 55.1 Å². The smallest absolute Gasteiger partial charge is 0.178 e. The van der Waals surface area contributed by atoms with Gasteiger partial charge < -0.3 is 0 Å². The Bertz CT molecular complexity index is 528. The summed E-state index contributed by atoms with van der Waals surface area (Å²) in [5.41, 5.74) is 2.16. The highest BCUT2D eigenvalue weighted by atomic mass is 35.5. The standard InChI is InChI=1S/C14H15ClN4/c15-14-13(10(8-16)9-17)18-11-6-4-2-1-3-5-7-12(11)19-14/h10H,1-7H2. The Hall–Kier alpha value is -1.65. The van der Waals surface area contributed by atoms with E-state index in [-0.39, 0.29) is 5.15 Å². The number of aromatic nitrogens is 2. The third-order valence-electron chi connectivity index (χ3n) is 3.39. The first-order valence-corrected chi connectivity index (χ1v) is 6.98. The van der Waals surface area contributed by atoms with Crippen LogP contribution in [-0.2, 0) is 12.8 Å². The lowest BCUT2D eigenvalue weighted by Gasteiger charge is -2.10. The van der Waals surface area contributed by atoms with Crippen LogP contribution in [0.4, 0.5) is 0 Å². The average molecular weight is 275 g/mol. The van der Waals surface area contributed by atoms with Gasteiger partial charge in [0.15, 0.2) is 11.1 Å². The first-order chi connectivity index (χ1) is 9.26. The molecule has 1 heterocycles. The highest BCUT2D eigenvalue weighted by molar-refractivity contribution is 6.30. The molecule has 0 bridgehead atoms. The molecule has 0 N–H and O–H groups in total. The van der Waals surface area contributed by atoms with Gasteiger partial charge in [-0.3, -0.25) is 4.98 Å². The number of hydrogen-bond acceptors (Lipinski definition) is 4. The van der Waals surface area contributed by atoms with E-state index in [2.05, 4.69) is 9.97 Å². The summed E-state index contributed by atoms with van der Waals surface area (Å²) in [7, 11) is 0. The zero-order valence-electron chi connectivity index (χ0n) is 10.7. The van der Waals surface area contributed by atoms with Gasteiger partial charge in [-0.2, -0.15) is 10.5 Å². The molecule has 0 amide bonds. The summed E-state index contributed by atoms with van der Waals surface area (Å²) in [6.45, 7) is 0. The van der Waals surface area contributed by atoms with Crippen molar-refractivity contribution in [3.05, 3.63) is 22.2 Å². The van der Waals surface area contributed by atoms with E-state index in [9.17, 15) is 0 Å². The molecule has 0 aliphatic heterocycles. The molecule has 5 heteroatoms. The van der Waals surface area contributed by atoms with E-state index in [1.54, 1.807) is 0 Å². The van der Waals surface area contributed by atoms with Crippen LogP contribution in [0, 0.1) is 22.7 Å². The Labute approximate surface area is 118 Å². The molecule has 1 aromatic rings. The molecule has 19 heavy (non-hydrogen) atoms. The van der Waals surface area contributed by atoms with Crippen molar-refractivity contribution in [1.29, 1.82) is 10.5 Å². The maximum atomic E-state index is 8.95. The van der Waals surface area contributed by atoms with Crippen LogP contribution in [0.15, 0.2) is 0 Å². The number of hydrogen-bond donors (Lipinski definition) is 0. The third-order valence-corrected chi connectivity index (χ3v) is 3.67. The summed E-state index contributed by atoms with van der Waals surface area (Å²) in [4.78, 5) is 8.83. The molecular formula is C14H15ClN4. The van der Waals surface area contributed by atoms with Gasteiger partial charge in [-0.15, -0.1) is 0 Å². The van der Waals surface area contributed by atoms with Gasteiger partial charge in [0, 0.05) is 0 Å². The lowest BCUT2D eigenvalue weighted by Crippen LogP contribution is -2.08. The van der Waals surface area contributed by atoms with Gasteiger partial charge in [-0.1, -0.05) is 30.9 Å². The normalized spacial score (nSPS) is 15.6. The average Bonchev–Trinajstić information content (AvgIpc) is 2.52. The lowest BCUT2D eigenvalue weighted by atomic mass is 10.1. The number of fused-ring (bicyclic) bond motifs is 1. The van der Waals surface area contributed by atoms with Crippen molar-refractivity contribution >= 4 is 11.6 Å². The summed E-state index contributed by atoms with van der Waals surface area (Å²) < 4.78 is 0. The van der Waals surface area contributed by atoms with Crippen LogP contribution < -0.4 is 0 Å². The SMILES string of the molecule is N#CC(C#N)c1nc2c(nc1Cl)CCCCCCC2. The van der Waals surface area contributed by atoms with Crippen LogP contribution in [-0.4, -0.2) is 9.97 Å². The second-order valence-corrected chi connectivity index (χ2v) is 5.11. The van der Waals surface area contributed by atoms with E-state index >= 15 is 0 Å². The molecule has 98 valence electrons. The van der Waals surface area contributed by atoms with Crippen molar-refractivity contribution in [2.75, 3.05) is 0 Å². The van der Waals surface area contributed by atoms with Gasteiger partial charge in [0.2, 0.25) is 0 Å². The van der Waals surface area contributed by atoms with Crippen molar-refractivity contribution in [3.63, 3.8) is 0 Å². The van der Waals surface area contributed by atoms with Crippen LogP contribution in [0.25, 0.3) is 0 Å². The van der Waals surface area contributed by atoms with E-state index < -0.39 is 5.92 Å². The quantitative estimate of drug-likeness (QED) is 0.787. The number of halogens is 1. The second kappa shape index (κ2) is 6.50. The molecule has 1 aromatic heterocycles. The van der Waals surface area contributed by atoms with E-state index in [1.165, 1.54) is 19.3 Å². The Morgan fingerprint density at radius 2 is 1.42 bits per heavy atom. The molecule has 0 spiro atoms. The molecule has 0 atom stereocenters. The fourth-order valence-corrected chi connectivity index (χ4v) is 2.60. The van der Waals surface area contributed by atoms with Crippen LogP contribution in [0.5, 0.6) is 0 Å². The molecule has 0 radical (unpaired) electrons. The van der Waals surface area contributed by atoms with Crippen molar-refractivity contribution in [3.8, 4) is 12.1 Å². The summed E-state index contributed by atoms with van der Waals surface area (Å²) >= 11 is 6.07. The summed E-state index contributed by atoms with van der Waals surface area (Å²) in [5.74, 6) is -0.932. The van der Waals surface area contributed by atoms with E-state index in [0.717, 1.165) is 37.1 Å². The minimum Gasteiger partial charge on any atom is -0.250 e. The van der Waals surface area contributed by atoms with Crippen molar-refractivity contribution < 1.29 is 0 Å². The monoisotopic (exact) mass is 274 g/mol. The first-order valence-electron chi connectivity index (χ1n) is 6.60. The summed E-state index contributed by atoms with van der Waals surface area (Å²) in [6.07, 6.45) is 7.55. The van der Waals surface area contributed by atoms with E-state index in [1.807, 2.05) is 12.1 Å². The Kier molecular flexibility index (Phi) is 4.71. The van der Waals surface area contributed by atoms with E-state index in [0.29, 0.717) is 5.69 Å². The molecule has 0 saturated carbocycles. The molecular weight excluding hydrogens is 260 g/mol. The zero-order valence-corrected chi connectivity index (χ0v) is 11.4. The molecule has 0 saturated heterocycles. The maximum Gasteiger partial charge on any atom is 0.178 e. The minimum absolute atomic E-state index is 0.200. The molecule has 1 aliphatic carbocycles. The van der Waals surface area contributed by atoms with Gasteiger partial charge in [0.25, 0.3) is 0 Å². The first kappa shape index (κ1) is 13.8. The third kappa shape index (κ3) is 3.22. The van der Waals surface area contributed by atoms with Gasteiger partial charge >= 0.3 is 0 Å². The summed E-state index contributed by atoms with van der Waals surface area (Å²) in [5, 5.41) is 18.1. The van der Waals surface area contributed by atoms with Gasteiger partial charge in [-0.05, 0) is 25.7 Å². The topological polar surface area (TPSA) is 73.4 Å². The zero-order chi connectivity index (χ0) is 13.7. The van der Waals surface area contributed by atoms with Crippen LogP contribution >= 0.6 is 11.6 Å². The van der Waals surface area contributed by atoms with E-state index in [4.69, 9.17) is 22.1 Å². The number of nitrogens with zero attached hydrogens (tertiary/aromatic N) is 4. The second-order valence-electron chi connectivity index (χ2n) is 4.75. The van der Waals surface area contributed by atoms with Crippen molar-refractivity contribution in [1.82, 2.24) is 9.97 Å². The lowest BCUT2D eigenvalue weighted by molar-refractivity contribution is 0.627. The fourth-order valence-electron chi connectivity index (χ4n) is 2.35. The highest BCUT2D eigenvalue weighted by Crippen LogP contribution is 2.25. The predicted octanol–water partition coefficient (Wildman–Crippen LogP) is 3.31. The largest absolute Gasteiger partial charge is 0.250 e. The fraction of sp³-hybridized carbons (Fsp3) is 0.571. The molecule has 0 unspecified atom stereocenters. The predicted molar refractivity (Wildman–Crippen MR) is 71.5 cm³/mol. The molecule has 0 fully saturated rings. The van der Waals surface area contributed by atoms with Gasteiger partial charge in [0.1, 0.15) is 5.69 Å². The van der Waals surface area contributed by atoms with Crippen LogP contribution in [0.3, 0.4) is 0 Å². The van der Waals surface area contributed by atoms with Gasteiger partial charge in [-0.25, -0.2) is 4.98 Å². The molecule has 4 nitrogen and oxygen atoms in total. The Morgan fingerprint density at radius 3 is 2.00 bits per heavy atom. The molecule has 0 aromatic carbocycles. The molecule has 1 aliphatic rings. The van der Waals surface area contributed by atoms with Crippen molar-refractivity contribution in [2.45, 2.75) is 50.9 Å². The van der Waals surface area contributed by atoms with Crippen LogP contribution in [0.2, 0.25) is 5.15 Å². The Balaban J connectivity index is 2.40. The minimum atomic E-state index is -0.932. The van der Waals surface area contributed by atoms with Crippen molar-refractivity contribution in [2.24, 2.45) is 0 Å². The number of nitriles is 2. The maximum absolute atomic E-state index is 8.95. The number of rotatable bonds is 1.